The van der Waals surface area contributed by atoms with E-state index < -0.39 is 0 Å². The van der Waals surface area contributed by atoms with E-state index >= 15 is 0 Å². The zero-order valence-electron chi connectivity index (χ0n) is 9.89. The van der Waals surface area contributed by atoms with Gasteiger partial charge in [-0.2, -0.15) is 4.91 Å². The van der Waals surface area contributed by atoms with Crippen LogP contribution in [0.1, 0.15) is 41.5 Å². The standard InChI is InChI=1S/C11H20OS.Ce/c1-10(2,3)8(12)7-9(13)11(4,5)6;/h7,13H,1-6H3;/p-1/b9-7-;. The van der Waals surface area contributed by atoms with E-state index in [2.05, 4.69) is 0 Å². The van der Waals surface area contributed by atoms with Gasteiger partial charge in [-0.3, -0.25) is 4.79 Å². The topological polar surface area (TPSA) is 17.1 Å². The summed E-state index contributed by atoms with van der Waals surface area (Å²) >= 11 is 5.16. The molecule has 0 aromatic carbocycles. The monoisotopic (exact) mass is 339 g/mol. The summed E-state index contributed by atoms with van der Waals surface area (Å²) in [6, 6.07) is 0. The van der Waals surface area contributed by atoms with Crippen molar-refractivity contribution in [1.82, 2.24) is 0 Å². The van der Waals surface area contributed by atoms with Crippen molar-refractivity contribution in [2.45, 2.75) is 41.5 Å². The third-order valence-electron chi connectivity index (χ3n) is 1.74. The van der Waals surface area contributed by atoms with Gasteiger partial charge in [0.2, 0.25) is 0 Å². The molecule has 0 radical (unpaired) electrons. The van der Waals surface area contributed by atoms with Gasteiger partial charge in [-0.1, -0.05) is 41.5 Å². The van der Waals surface area contributed by atoms with Crippen molar-refractivity contribution in [3.05, 3.63) is 11.0 Å². The molecule has 0 atom stereocenters. The molecule has 0 fully saturated rings. The van der Waals surface area contributed by atoms with Gasteiger partial charge in [-0.15, -0.1) is 0 Å². The van der Waals surface area contributed by atoms with E-state index in [0.717, 1.165) is 4.91 Å². The minimum atomic E-state index is -0.324. The molecular formula is C11H19CeOS-. The van der Waals surface area contributed by atoms with E-state index in [1.54, 1.807) is 6.08 Å². The average Bonchev–Trinajstić information content (AvgIpc) is 1.82. The van der Waals surface area contributed by atoms with Crippen molar-refractivity contribution >= 4 is 18.4 Å². The average molecular weight is 339 g/mol. The first kappa shape index (κ1) is 17.4. The molecule has 0 bridgehead atoms. The van der Waals surface area contributed by atoms with Crippen LogP contribution in [0.5, 0.6) is 0 Å². The minimum absolute atomic E-state index is 0. The fourth-order valence-electron chi connectivity index (χ4n) is 0.552. The SMILES string of the molecule is CC(C)(C)C(=O)/C=C(\[S-])C(C)(C)C.[Ce]. The van der Waals surface area contributed by atoms with Crippen LogP contribution in [-0.4, -0.2) is 5.78 Å². The molecule has 0 saturated heterocycles. The Morgan fingerprint density at radius 3 is 1.57 bits per heavy atom. The number of hydrogen-bond donors (Lipinski definition) is 0. The van der Waals surface area contributed by atoms with Gasteiger partial charge in [-0.05, 0) is 11.5 Å². The minimum Gasteiger partial charge on any atom is -0.783 e. The summed E-state index contributed by atoms with van der Waals surface area (Å²) < 4.78 is 0. The van der Waals surface area contributed by atoms with Gasteiger partial charge in [-0.25, -0.2) is 0 Å². The van der Waals surface area contributed by atoms with Crippen LogP contribution < -0.4 is 0 Å². The molecule has 0 rings (SSSR count). The zero-order valence-corrected chi connectivity index (χ0v) is 13.9. The summed E-state index contributed by atoms with van der Waals surface area (Å²) in [5.74, 6) is 0.104. The van der Waals surface area contributed by atoms with E-state index in [-0.39, 0.29) is 58.4 Å². The first-order chi connectivity index (χ1) is 5.55. The summed E-state index contributed by atoms with van der Waals surface area (Å²) in [6.45, 7) is 11.7. The van der Waals surface area contributed by atoms with Crippen molar-refractivity contribution in [3.63, 3.8) is 0 Å². The molecule has 0 aromatic rings. The van der Waals surface area contributed by atoms with Crippen molar-refractivity contribution in [1.29, 1.82) is 0 Å². The third-order valence-corrected chi connectivity index (χ3v) is 2.47. The number of allylic oxidation sites excluding steroid dienone is 2. The maximum atomic E-state index is 11.6. The van der Waals surface area contributed by atoms with E-state index in [1.807, 2.05) is 41.5 Å². The molecule has 0 saturated carbocycles. The predicted molar refractivity (Wildman–Crippen MR) is 59.4 cm³/mol. The Balaban J connectivity index is 0. The Morgan fingerprint density at radius 1 is 1.00 bits per heavy atom. The molecular weight excluding hydrogens is 320 g/mol. The zero-order chi connectivity index (χ0) is 10.9. The maximum absolute atomic E-state index is 11.6. The molecule has 0 aliphatic carbocycles. The van der Waals surface area contributed by atoms with Gasteiger partial charge < -0.3 is 12.6 Å². The Hall–Kier alpha value is 1.01. The van der Waals surface area contributed by atoms with Gasteiger partial charge in [0.1, 0.15) is 0 Å². The second-order valence-electron chi connectivity index (χ2n) is 5.37. The Bertz CT molecular complexity index is 231. The van der Waals surface area contributed by atoms with Crippen LogP contribution in [0.2, 0.25) is 0 Å². The Labute approximate surface area is 127 Å². The molecule has 0 aliphatic heterocycles. The Morgan fingerprint density at radius 2 is 1.36 bits per heavy atom. The summed E-state index contributed by atoms with van der Waals surface area (Å²) in [7, 11) is 0. The number of rotatable bonds is 1. The fourth-order valence-corrected chi connectivity index (χ4v) is 0.659. The van der Waals surface area contributed by atoms with Crippen LogP contribution in [-0.2, 0) is 17.4 Å². The summed E-state index contributed by atoms with van der Waals surface area (Å²) in [5, 5.41) is 0. The van der Waals surface area contributed by atoms with Crippen molar-refractivity contribution < 1.29 is 46.5 Å². The number of hydrogen-bond acceptors (Lipinski definition) is 2. The molecule has 0 N–H and O–H groups in total. The Kier molecular flexibility index (Phi) is 7.36. The van der Waals surface area contributed by atoms with Crippen LogP contribution in [0.15, 0.2) is 11.0 Å². The first-order valence-corrected chi connectivity index (χ1v) is 4.89. The van der Waals surface area contributed by atoms with Gasteiger partial charge in [0, 0.05) is 47.2 Å². The predicted octanol–water partition coefficient (Wildman–Crippen LogP) is 3.08. The normalized spacial score (nSPS) is 13.4. The molecule has 0 aliphatic rings. The smallest absolute Gasteiger partial charge is 0.159 e. The fraction of sp³-hybridized carbons (Fsp3) is 0.727. The van der Waals surface area contributed by atoms with E-state index in [0.29, 0.717) is 0 Å². The van der Waals surface area contributed by atoms with E-state index in [4.69, 9.17) is 12.6 Å². The molecule has 14 heavy (non-hydrogen) atoms. The van der Waals surface area contributed by atoms with Crippen molar-refractivity contribution in [2.24, 2.45) is 10.8 Å². The molecule has 80 valence electrons. The van der Waals surface area contributed by atoms with Gasteiger partial charge in [0.05, 0.1) is 0 Å². The van der Waals surface area contributed by atoms with E-state index in [9.17, 15) is 4.79 Å². The van der Waals surface area contributed by atoms with Crippen LogP contribution in [0, 0.1) is 52.6 Å². The number of carbonyl (C=O) groups is 1. The second kappa shape index (κ2) is 5.92. The molecule has 3 heteroatoms. The van der Waals surface area contributed by atoms with Gasteiger partial charge in [0.25, 0.3) is 0 Å². The summed E-state index contributed by atoms with van der Waals surface area (Å²) in [6.07, 6.45) is 1.59. The second-order valence-corrected chi connectivity index (χ2v) is 5.81. The number of ketones is 1. The van der Waals surface area contributed by atoms with Crippen LogP contribution >= 0.6 is 0 Å². The molecule has 1 nitrogen and oxygen atoms in total. The van der Waals surface area contributed by atoms with Crippen LogP contribution in [0.25, 0.3) is 0 Å². The quantitative estimate of drug-likeness (QED) is 0.539. The van der Waals surface area contributed by atoms with Crippen LogP contribution in [0.4, 0.5) is 0 Å². The largest absolute Gasteiger partial charge is 0.783 e. The summed E-state index contributed by atoms with van der Waals surface area (Å²) in [5.41, 5.74) is -0.411. The van der Waals surface area contributed by atoms with Crippen molar-refractivity contribution in [2.75, 3.05) is 0 Å². The van der Waals surface area contributed by atoms with Crippen LogP contribution in [0.3, 0.4) is 0 Å². The van der Waals surface area contributed by atoms with Crippen molar-refractivity contribution in [3.8, 4) is 0 Å². The molecule has 0 heterocycles. The van der Waals surface area contributed by atoms with Gasteiger partial charge in [0.15, 0.2) is 5.78 Å². The van der Waals surface area contributed by atoms with Gasteiger partial charge >= 0.3 is 0 Å². The summed E-state index contributed by atoms with van der Waals surface area (Å²) in [4.78, 5) is 12.3. The molecule has 0 unspecified atom stereocenters. The first-order valence-electron chi connectivity index (χ1n) is 4.49. The maximum Gasteiger partial charge on any atom is 0.159 e. The van der Waals surface area contributed by atoms with E-state index in [1.165, 1.54) is 0 Å². The third kappa shape index (κ3) is 6.48. The number of carbonyl (C=O) groups excluding carboxylic acids is 1. The molecule has 0 amide bonds. The molecule has 0 spiro atoms. The molecule has 0 aromatic heterocycles.